The number of ether oxygens (including phenoxy) is 2. The standard InChI is InChI=1S/C24H23FN6O3/c1-14(25)24(32)30-7-6-17(13-30)31-22-16(11-26)12-28-23(27)21(22)20(29-31)5-4-15-8-18(33-2)10-19(9-15)34-3/h8-10,12,14,17H,6-7,13H2,1-3H3,(H2,27,28)/t14?,17-/m0/s1. The Labute approximate surface area is 195 Å². The summed E-state index contributed by atoms with van der Waals surface area (Å²) in [4.78, 5) is 17.7. The number of alkyl halides is 1. The topological polar surface area (TPSA) is 119 Å². The first-order valence-corrected chi connectivity index (χ1v) is 10.6. The summed E-state index contributed by atoms with van der Waals surface area (Å²) in [6.45, 7) is 1.89. The van der Waals surface area contributed by atoms with Crippen LogP contribution in [0.2, 0.25) is 0 Å². The number of nitrogen functional groups attached to an aromatic ring is 1. The first-order valence-electron chi connectivity index (χ1n) is 10.6. The molecule has 3 aromatic rings. The van der Waals surface area contributed by atoms with E-state index in [9.17, 15) is 14.4 Å². The number of likely N-dealkylation sites (tertiary alicyclic amines) is 1. The number of carbonyl (C=O) groups excluding carboxylic acids is 1. The number of aromatic nitrogens is 3. The first kappa shape index (κ1) is 22.9. The number of amides is 1. The molecule has 4 rings (SSSR count). The van der Waals surface area contributed by atoms with Gasteiger partial charge in [0.25, 0.3) is 5.91 Å². The lowest BCUT2D eigenvalue weighted by Gasteiger charge is -2.17. The monoisotopic (exact) mass is 462 g/mol. The second kappa shape index (κ2) is 9.28. The molecule has 1 aromatic carbocycles. The summed E-state index contributed by atoms with van der Waals surface area (Å²) in [7, 11) is 3.10. The number of nitriles is 1. The maximum atomic E-state index is 13.6. The van der Waals surface area contributed by atoms with Crippen molar-refractivity contribution in [3.05, 3.63) is 41.2 Å². The Morgan fingerprint density at radius 3 is 2.59 bits per heavy atom. The molecular formula is C24H23FN6O3. The van der Waals surface area contributed by atoms with Crippen LogP contribution in [0.4, 0.5) is 10.2 Å². The van der Waals surface area contributed by atoms with E-state index in [4.69, 9.17) is 15.2 Å². The van der Waals surface area contributed by atoms with Crippen LogP contribution >= 0.6 is 0 Å². The van der Waals surface area contributed by atoms with Crippen molar-refractivity contribution in [3.8, 4) is 29.4 Å². The zero-order chi connectivity index (χ0) is 24.4. The average molecular weight is 462 g/mol. The molecule has 2 atom stereocenters. The van der Waals surface area contributed by atoms with Crippen molar-refractivity contribution in [2.24, 2.45) is 0 Å². The largest absolute Gasteiger partial charge is 0.497 e. The van der Waals surface area contributed by atoms with Gasteiger partial charge in [-0.15, -0.1) is 0 Å². The number of pyridine rings is 1. The molecule has 1 aliphatic rings. The fourth-order valence-electron chi connectivity index (χ4n) is 4.03. The summed E-state index contributed by atoms with van der Waals surface area (Å²) < 4.78 is 25.8. The van der Waals surface area contributed by atoms with Crippen molar-refractivity contribution >= 4 is 22.6 Å². The molecule has 2 aromatic heterocycles. The lowest BCUT2D eigenvalue weighted by molar-refractivity contribution is -0.134. The van der Waals surface area contributed by atoms with Crippen molar-refractivity contribution in [2.45, 2.75) is 25.6 Å². The van der Waals surface area contributed by atoms with Crippen LogP contribution in [-0.2, 0) is 4.79 Å². The highest BCUT2D eigenvalue weighted by Crippen LogP contribution is 2.32. The van der Waals surface area contributed by atoms with Gasteiger partial charge < -0.3 is 20.1 Å². The Bertz CT molecular complexity index is 1340. The second-order valence-corrected chi connectivity index (χ2v) is 7.88. The fraction of sp³-hybridized carbons (Fsp3) is 0.333. The van der Waals surface area contributed by atoms with E-state index in [-0.39, 0.29) is 24.0 Å². The van der Waals surface area contributed by atoms with E-state index in [1.54, 1.807) is 37.1 Å². The number of benzene rings is 1. The third kappa shape index (κ3) is 4.18. The van der Waals surface area contributed by atoms with Crippen molar-refractivity contribution in [3.63, 3.8) is 0 Å². The van der Waals surface area contributed by atoms with E-state index >= 15 is 0 Å². The Morgan fingerprint density at radius 2 is 1.97 bits per heavy atom. The van der Waals surface area contributed by atoms with E-state index < -0.39 is 12.1 Å². The van der Waals surface area contributed by atoms with E-state index in [0.717, 1.165) is 0 Å². The maximum Gasteiger partial charge on any atom is 0.256 e. The Kier molecular flexibility index (Phi) is 6.24. The molecule has 3 heterocycles. The molecule has 0 bridgehead atoms. The number of rotatable bonds is 4. The lowest BCUT2D eigenvalue weighted by Crippen LogP contribution is -2.34. The molecule has 0 spiro atoms. The van der Waals surface area contributed by atoms with E-state index in [2.05, 4.69) is 28.0 Å². The third-order valence-electron chi connectivity index (χ3n) is 5.71. The molecule has 34 heavy (non-hydrogen) atoms. The maximum absolute atomic E-state index is 13.6. The van der Waals surface area contributed by atoms with Gasteiger partial charge in [-0.3, -0.25) is 9.48 Å². The fourth-order valence-corrected chi connectivity index (χ4v) is 4.03. The summed E-state index contributed by atoms with van der Waals surface area (Å²) in [5.41, 5.74) is 7.94. The molecule has 9 nitrogen and oxygen atoms in total. The van der Waals surface area contributed by atoms with Gasteiger partial charge in [0.2, 0.25) is 0 Å². The summed E-state index contributed by atoms with van der Waals surface area (Å²) in [6.07, 6.45) is 0.368. The normalized spacial score (nSPS) is 16.0. The van der Waals surface area contributed by atoms with Gasteiger partial charge in [0, 0.05) is 30.9 Å². The van der Waals surface area contributed by atoms with Crippen LogP contribution in [-0.4, -0.2) is 59.1 Å². The summed E-state index contributed by atoms with van der Waals surface area (Å²) in [6, 6.07) is 7.13. The highest BCUT2D eigenvalue weighted by molar-refractivity contribution is 5.96. The Morgan fingerprint density at radius 1 is 1.26 bits per heavy atom. The van der Waals surface area contributed by atoms with E-state index in [1.807, 2.05) is 0 Å². The Hall–Kier alpha value is -4.31. The van der Waals surface area contributed by atoms with Gasteiger partial charge in [-0.1, -0.05) is 5.92 Å². The summed E-state index contributed by atoms with van der Waals surface area (Å²) in [5, 5.41) is 14.8. The minimum absolute atomic E-state index is 0.191. The minimum Gasteiger partial charge on any atom is -0.497 e. The number of nitrogens with two attached hydrogens (primary N) is 1. The molecule has 0 saturated carbocycles. The smallest absolute Gasteiger partial charge is 0.256 e. The molecule has 1 aliphatic heterocycles. The SMILES string of the molecule is COc1cc(C#Cc2nn([C@H]3CCN(C(=O)C(C)F)C3)c3c(C#N)cnc(N)c23)cc(OC)c1. The van der Waals surface area contributed by atoms with Crippen LogP contribution in [0.25, 0.3) is 10.9 Å². The molecule has 2 N–H and O–H groups in total. The molecule has 1 saturated heterocycles. The van der Waals surface area contributed by atoms with E-state index in [0.29, 0.717) is 46.6 Å². The van der Waals surface area contributed by atoms with Gasteiger partial charge in [-0.25, -0.2) is 9.37 Å². The predicted octanol–water partition coefficient (Wildman–Crippen LogP) is 2.43. The van der Waals surface area contributed by atoms with Crippen LogP contribution < -0.4 is 15.2 Å². The highest BCUT2D eigenvalue weighted by Gasteiger charge is 2.32. The molecule has 1 unspecified atom stereocenters. The van der Waals surface area contributed by atoms with Crippen molar-refractivity contribution in [1.82, 2.24) is 19.7 Å². The lowest BCUT2D eigenvalue weighted by atomic mass is 10.1. The highest BCUT2D eigenvalue weighted by atomic mass is 19.1. The molecule has 10 heteroatoms. The zero-order valence-electron chi connectivity index (χ0n) is 19.0. The molecule has 0 aliphatic carbocycles. The molecule has 1 fully saturated rings. The average Bonchev–Trinajstić information content (AvgIpc) is 3.48. The van der Waals surface area contributed by atoms with Gasteiger partial charge in [-0.2, -0.15) is 10.4 Å². The number of hydrogen-bond acceptors (Lipinski definition) is 7. The second-order valence-electron chi connectivity index (χ2n) is 7.88. The van der Waals surface area contributed by atoms with Crippen LogP contribution in [0.3, 0.4) is 0 Å². The number of anilines is 1. The van der Waals surface area contributed by atoms with Crippen LogP contribution in [0.5, 0.6) is 11.5 Å². The van der Waals surface area contributed by atoms with E-state index in [1.165, 1.54) is 18.0 Å². The van der Waals surface area contributed by atoms with Crippen LogP contribution in [0, 0.1) is 23.2 Å². The van der Waals surface area contributed by atoms with Gasteiger partial charge in [0.1, 0.15) is 29.1 Å². The van der Waals surface area contributed by atoms with Crippen LogP contribution in [0.15, 0.2) is 24.4 Å². The van der Waals surface area contributed by atoms with Crippen molar-refractivity contribution < 1.29 is 18.7 Å². The zero-order valence-corrected chi connectivity index (χ0v) is 19.0. The number of fused-ring (bicyclic) bond motifs is 1. The van der Waals surface area contributed by atoms with Gasteiger partial charge >= 0.3 is 0 Å². The van der Waals surface area contributed by atoms with Gasteiger partial charge in [0.05, 0.1) is 36.7 Å². The molecular weight excluding hydrogens is 439 g/mol. The molecule has 174 valence electrons. The minimum atomic E-state index is -1.58. The predicted molar refractivity (Wildman–Crippen MR) is 123 cm³/mol. The third-order valence-corrected chi connectivity index (χ3v) is 5.71. The first-order chi connectivity index (χ1) is 16.4. The van der Waals surface area contributed by atoms with Gasteiger partial charge in [0.15, 0.2) is 6.17 Å². The Balaban J connectivity index is 1.81. The molecule has 1 amide bonds. The summed E-state index contributed by atoms with van der Waals surface area (Å²) >= 11 is 0. The molecule has 0 radical (unpaired) electrons. The van der Waals surface area contributed by atoms with Crippen LogP contribution in [0.1, 0.15) is 36.2 Å². The number of carbonyl (C=O) groups is 1. The van der Waals surface area contributed by atoms with Crippen molar-refractivity contribution in [2.75, 3.05) is 33.0 Å². The summed E-state index contributed by atoms with van der Waals surface area (Å²) in [5.74, 6) is 6.88. The number of methoxy groups -OCH3 is 2. The number of hydrogen-bond donors (Lipinski definition) is 1. The van der Waals surface area contributed by atoms with Crippen molar-refractivity contribution in [1.29, 1.82) is 5.26 Å². The number of nitrogens with zero attached hydrogens (tertiary/aromatic N) is 5. The quantitative estimate of drug-likeness (QED) is 0.592. The number of halogens is 1. The van der Waals surface area contributed by atoms with Gasteiger partial charge in [-0.05, 0) is 31.4 Å².